The average Bonchev–Trinajstić information content (AvgIpc) is 3.45. The van der Waals surface area contributed by atoms with Crippen LogP contribution < -0.4 is 0 Å². The molecule has 0 rings (SSSR count). The van der Waals surface area contributed by atoms with Crippen LogP contribution >= 0.6 is 0 Å². The molecule has 1 unspecified atom stereocenters. The van der Waals surface area contributed by atoms with E-state index >= 15 is 0 Å². The lowest BCUT2D eigenvalue weighted by Gasteiger charge is -2.18. The summed E-state index contributed by atoms with van der Waals surface area (Å²) in [6.07, 6.45) is 88.8. The maximum atomic E-state index is 12.9. The van der Waals surface area contributed by atoms with Crippen LogP contribution in [-0.2, 0) is 28.6 Å². The Balaban J connectivity index is 4.29. The van der Waals surface area contributed by atoms with Crippen molar-refractivity contribution in [1.29, 1.82) is 0 Å². The molecule has 1 atom stereocenters. The van der Waals surface area contributed by atoms with Crippen molar-refractivity contribution in [3.8, 4) is 0 Å². The Kier molecular flexibility index (Phi) is 64.2. The monoisotopic (exact) mass is 1100 g/mol. The Morgan fingerprint density at radius 2 is 0.494 bits per heavy atom. The highest BCUT2D eigenvalue weighted by Crippen LogP contribution is 2.17. The fourth-order valence-corrected chi connectivity index (χ4v) is 9.80. The molecule has 0 aromatic heterocycles. The molecule has 0 N–H and O–H groups in total. The number of hydrogen-bond acceptors (Lipinski definition) is 6. The van der Waals surface area contributed by atoms with Crippen LogP contribution in [0.4, 0.5) is 0 Å². The number of ether oxygens (including phenoxy) is 3. The zero-order valence-corrected chi connectivity index (χ0v) is 52.4. The highest BCUT2D eigenvalue weighted by Gasteiger charge is 2.19. The average molecular weight is 1100 g/mol. The van der Waals surface area contributed by atoms with Crippen LogP contribution in [0.1, 0.15) is 342 Å². The summed E-state index contributed by atoms with van der Waals surface area (Å²) in [6, 6.07) is 0. The van der Waals surface area contributed by atoms with Gasteiger partial charge in [-0.2, -0.15) is 0 Å². The molecule has 0 saturated carbocycles. The molecule has 0 radical (unpaired) electrons. The van der Waals surface area contributed by atoms with Crippen LogP contribution in [0, 0.1) is 0 Å². The Labute approximate surface area is 490 Å². The van der Waals surface area contributed by atoms with Gasteiger partial charge >= 0.3 is 17.9 Å². The van der Waals surface area contributed by atoms with Crippen LogP contribution in [-0.4, -0.2) is 37.2 Å². The third-order valence-corrected chi connectivity index (χ3v) is 14.9. The summed E-state index contributed by atoms with van der Waals surface area (Å²) >= 11 is 0. The molecule has 0 amide bonds. The molecule has 0 aliphatic heterocycles. The molecule has 79 heavy (non-hydrogen) atoms. The van der Waals surface area contributed by atoms with Gasteiger partial charge in [0.25, 0.3) is 0 Å². The van der Waals surface area contributed by atoms with Gasteiger partial charge in [-0.3, -0.25) is 14.4 Å². The van der Waals surface area contributed by atoms with Gasteiger partial charge in [0.1, 0.15) is 13.2 Å². The number of hydrogen-bond donors (Lipinski definition) is 0. The minimum atomic E-state index is -0.779. The van der Waals surface area contributed by atoms with Gasteiger partial charge in [-0.25, -0.2) is 0 Å². The Morgan fingerprint density at radius 3 is 0.772 bits per heavy atom. The van der Waals surface area contributed by atoms with Crippen molar-refractivity contribution in [3.05, 3.63) is 85.1 Å². The number of esters is 3. The summed E-state index contributed by atoms with van der Waals surface area (Å²) in [5.74, 6) is -0.865. The molecule has 0 aliphatic carbocycles. The van der Waals surface area contributed by atoms with E-state index in [1.165, 1.54) is 205 Å². The van der Waals surface area contributed by atoms with Crippen LogP contribution in [0.3, 0.4) is 0 Å². The second kappa shape index (κ2) is 67.1. The minimum absolute atomic E-state index is 0.0751. The largest absolute Gasteiger partial charge is 0.462 e. The molecule has 0 aliphatic rings. The number of unbranched alkanes of at least 4 members (excludes halogenated alkanes) is 37. The van der Waals surface area contributed by atoms with Crippen LogP contribution in [0.15, 0.2) is 85.1 Å². The summed E-state index contributed by atoms with van der Waals surface area (Å²) < 4.78 is 17.0. The van der Waals surface area contributed by atoms with Gasteiger partial charge in [0.15, 0.2) is 6.10 Å². The minimum Gasteiger partial charge on any atom is -0.462 e. The van der Waals surface area contributed by atoms with Crippen molar-refractivity contribution in [1.82, 2.24) is 0 Å². The first-order valence-corrected chi connectivity index (χ1v) is 34.1. The third kappa shape index (κ3) is 65.3. The zero-order valence-electron chi connectivity index (χ0n) is 52.4. The second-order valence-electron chi connectivity index (χ2n) is 22.7. The second-order valence-corrected chi connectivity index (χ2v) is 22.7. The lowest BCUT2D eigenvalue weighted by atomic mass is 10.0. The van der Waals surface area contributed by atoms with Gasteiger partial charge in [0.05, 0.1) is 0 Å². The smallest absolute Gasteiger partial charge is 0.306 e. The highest BCUT2D eigenvalue weighted by molar-refractivity contribution is 5.71. The summed E-state index contributed by atoms with van der Waals surface area (Å²) in [5, 5.41) is 0. The van der Waals surface area contributed by atoms with Crippen LogP contribution in [0.2, 0.25) is 0 Å². The number of rotatable bonds is 62. The molecule has 0 aromatic carbocycles. The normalized spacial score (nSPS) is 12.6. The Hall–Kier alpha value is -3.41. The predicted molar refractivity (Wildman–Crippen MR) is 344 cm³/mol. The van der Waals surface area contributed by atoms with E-state index in [0.29, 0.717) is 19.3 Å². The molecule has 0 aromatic rings. The van der Waals surface area contributed by atoms with Gasteiger partial charge in [-0.1, -0.05) is 311 Å². The van der Waals surface area contributed by atoms with E-state index in [1.54, 1.807) is 0 Å². The summed E-state index contributed by atoms with van der Waals surface area (Å²) in [5.41, 5.74) is 0. The summed E-state index contributed by atoms with van der Waals surface area (Å²) in [6.45, 7) is 6.55. The Morgan fingerprint density at radius 1 is 0.266 bits per heavy atom. The maximum Gasteiger partial charge on any atom is 0.306 e. The van der Waals surface area contributed by atoms with E-state index < -0.39 is 6.10 Å². The first-order valence-electron chi connectivity index (χ1n) is 34.1. The topological polar surface area (TPSA) is 78.9 Å². The molecule has 0 fully saturated rings. The SMILES string of the molecule is CC/C=C\C/C=C\C/C=C\C/C=C\C/C=C\CCCCCCCCCCCCCC(=O)OCC(COC(=O)CCCCCCCCCCCCCCC)OC(=O)CCCCCCCCCCC/C=C\C/C=C\CCCCCCC. The van der Waals surface area contributed by atoms with Crippen LogP contribution in [0.5, 0.6) is 0 Å². The van der Waals surface area contributed by atoms with Gasteiger partial charge in [0.2, 0.25) is 0 Å². The van der Waals surface area contributed by atoms with E-state index in [-0.39, 0.29) is 31.1 Å². The van der Waals surface area contributed by atoms with Gasteiger partial charge < -0.3 is 14.2 Å². The third-order valence-electron chi connectivity index (χ3n) is 14.9. The molecule has 456 valence electrons. The first kappa shape index (κ1) is 75.6. The number of allylic oxidation sites excluding steroid dienone is 14. The van der Waals surface area contributed by atoms with Crippen molar-refractivity contribution in [2.75, 3.05) is 13.2 Å². The molecular weight excluding hydrogens is 973 g/mol. The van der Waals surface area contributed by atoms with E-state index in [2.05, 4.69) is 106 Å². The number of carbonyl (C=O) groups excluding carboxylic acids is 3. The molecule has 6 nitrogen and oxygen atoms in total. The lowest BCUT2D eigenvalue weighted by molar-refractivity contribution is -0.167. The molecule has 0 heterocycles. The predicted octanol–water partition coefficient (Wildman–Crippen LogP) is 23.4. The maximum absolute atomic E-state index is 12.9. The highest BCUT2D eigenvalue weighted by atomic mass is 16.6. The van der Waals surface area contributed by atoms with Crippen LogP contribution in [0.25, 0.3) is 0 Å². The van der Waals surface area contributed by atoms with E-state index in [0.717, 1.165) is 96.3 Å². The van der Waals surface area contributed by atoms with Crippen molar-refractivity contribution in [2.45, 2.75) is 348 Å². The molecule has 6 heteroatoms. The van der Waals surface area contributed by atoms with E-state index in [9.17, 15) is 14.4 Å². The first-order chi connectivity index (χ1) is 39.0. The summed E-state index contributed by atoms with van der Waals surface area (Å²) in [7, 11) is 0. The van der Waals surface area contributed by atoms with Crippen molar-refractivity contribution in [2.24, 2.45) is 0 Å². The van der Waals surface area contributed by atoms with Gasteiger partial charge in [-0.05, 0) is 96.3 Å². The van der Waals surface area contributed by atoms with Gasteiger partial charge in [-0.15, -0.1) is 0 Å². The fraction of sp³-hybridized carbons (Fsp3) is 0.767. The van der Waals surface area contributed by atoms with Gasteiger partial charge in [0, 0.05) is 19.3 Å². The standard InChI is InChI=1S/C73H128O6/c1-4-7-10-13-16-19-22-25-27-29-31-33-34-35-36-37-38-40-41-43-45-48-51-54-57-60-63-66-72(75)78-69-70(68-77-71(74)65-62-59-56-53-50-47-24-21-18-15-12-9-6-3)79-73(76)67-64-61-58-55-52-49-46-44-42-39-32-30-28-26-23-20-17-14-11-8-5-2/h7,10,16,19,23,25-27,30-33,35-36,70H,4-6,8-9,11-15,17-18,20-22,24,28-29,34,37-69H2,1-3H3/b10-7-,19-16-,26-23-,27-25-,32-30-,33-31-,36-35-. The lowest BCUT2D eigenvalue weighted by Crippen LogP contribution is -2.30. The van der Waals surface area contributed by atoms with E-state index in [4.69, 9.17) is 14.2 Å². The quantitative estimate of drug-likeness (QED) is 0.0261. The zero-order chi connectivity index (χ0) is 57.1. The van der Waals surface area contributed by atoms with Crippen molar-refractivity contribution in [3.63, 3.8) is 0 Å². The molecule has 0 spiro atoms. The summed E-state index contributed by atoms with van der Waals surface area (Å²) in [4.78, 5) is 38.4. The molecule has 0 bridgehead atoms. The van der Waals surface area contributed by atoms with E-state index in [1.807, 2.05) is 0 Å². The molecular formula is C73H128O6. The van der Waals surface area contributed by atoms with Crippen molar-refractivity contribution < 1.29 is 28.6 Å². The number of carbonyl (C=O) groups is 3. The van der Waals surface area contributed by atoms with Crippen molar-refractivity contribution >= 4 is 17.9 Å². The fourth-order valence-electron chi connectivity index (χ4n) is 9.80. The molecule has 0 saturated heterocycles. The Bertz CT molecular complexity index is 1500.